The van der Waals surface area contributed by atoms with Crippen molar-refractivity contribution in [2.24, 2.45) is 0 Å². The van der Waals surface area contributed by atoms with Crippen LogP contribution in [-0.2, 0) is 19.1 Å². The minimum Gasteiger partial charge on any atom is -0.493 e. The quantitative estimate of drug-likeness (QED) is 0.0447. The Morgan fingerprint density at radius 2 is 0.840 bits per heavy atom. The van der Waals surface area contributed by atoms with Crippen molar-refractivity contribution in [3.63, 3.8) is 0 Å². The van der Waals surface area contributed by atoms with Crippen LogP contribution in [0.15, 0.2) is 86.0 Å². The van der Waals surface area contributed by atoms with Crippen molar-refractivity contribution in [2.75, 3.05) is 26.4 Å². The van der Waals surface area contributed by atoms with Gasteiger partial charge < -0.3 is 28.4 Å². The van der Waals surface area contributed by atoms with Gasteiger partial charge in [-0.15, -0.1) is 0 Å². The highest BCUT2D eigenvalue weighted by molar-refractivity contribution is 5.92. The normalized spacial score (nSPS) is 10.4. The highest BCUT2D eigenvalue weighted by Crippen LogP contribution is 2.24. The van der Waals surface area contributed by atoms with E-state index in [0.29, 0.717) is 52.1 Å². The van der Waals surface area contributed by atoms with Crippen molar-refractivity contribution in [1.82, 2.24) is 0 Å². The fourth-order valence-electron chi connectivity index (χ4n) is 4.36. The van der Waals surface area contributed by atoms with E-state index in [9.17, 15) is 28.0 Å². The maximum atomic E-state index is 14.7. The molecule has 50 heavy (non-hydrogen) atoms. The predicted molar refractivity (Wildman–Crippen MR) is 179 cm³/mol. The Morgan fingerprint density at radius 3 is 1.18 bits per heavy atom. The van der Waals surface area contributed by atoms with E-state index in [2.05, 4.69) is 13.2 Å². The molecule has 0 aliphatic carbocycles. The summed E-state index contributed by atoms with van der Waals surface area (Å²) >= 11 is 0. The standard InChI is InChI=1S/C38H40F2O10/c1-3-35(41)47-23-11-7-5-9-21-45-29-17-19-31(33(39)25-29)37(43)49-27-13-15-28(16-14-27)50-38(44)32-20-18-30(26-34(32)40)46-22-10-6-8-12-24-48-36(42)4-2/h3-4,13-20,25-26H,1-2,5-12,21-24H2. The zero-order valence-corrected chi connectivity index (χ0v) is 27.7. The molecule has 0 aromatic heterocycles. The summed E-state index contributed by atoms with van der Waals surface area (Å²) in [6.07, 6.45) is 8.42. The van der Waals surface area contributed by atoms with E-state index in [-0.39, 0.29) is 34.1 Å². The van der Waals surface area contributed by atoms with Crippen molar-refractivity contribution >= 4 is 23.9 Å². The number of unbranched alkanes of at least 4 members (excludes halogenated alkanes) is 6. The number of esters is 4. The van der Waals surface area contributed by atoms with Gasteiger partial charge in [0.05, 0.1) is 37.6 Å². The molecule has 0 unspecified atom stereocenters. The summed E-state index contributed by atoms with van der Waals surface area (Å²) < 4.78 is 60.7. The zero-order chi connectivity index (χ0) is 36.1. The molecule has 0 heterocycles. The molecule has 0 aliphatic heterocycles. The van der Waals surface area contributed by atoms with E-state index in [1.54, 1.807) is 0 Å². The second kappa shape index (κ2) is 21.5. The van der Waals surface area contributed by atoms with Gasteiger partial charge in [0.15, 0.2) is 0 Å². The van der Waals surface area contributed by atoms with Gasteiger partial charge in [-0.3, -0.25) is 0 Å². The average molecular weight is 695 g/mol. The van der Waals surface area contributed by atoms with Crippen LogP contribution >= 0.6 is 0 Å². The van der Waals surface area contributed by atoms with Crippen molar-refractivity contribution in [1.29, 1.82) is 0 Å². The molecule has 0 spiro atoms. The van der Waals surface area contributed by atoms with Gasteiger partial charge in [0, 0.05) is 24.3 Å². The average Bonchev–Trinajstić information content (AvgIpc) is 3.11. The molecule has 0 aliphatic rings. The zero-order valence-electron chi connectivity index (χ0n) is 27.7. The molecular formula is C38H40F2O10. The van der Waals surface area contributed by atoms with Crippen LogP contribution in [0.2, 0.25) is 0 Å². The van der Waals surface area contributed by atoms with Gasteiger partial charge in [-0.1, -0.05) is 13.2 Å². The number of carbonyl (C=O) groups excluding carboxylic acids is 4. The minimum atomic E-state index is -0.938. The molecule has 3 aromatic rings. The molecule has 3 aromatic carbocycles. The highest BCUT2D eigenvalue weighted by Gasteiger charge is 2.17. The molecule has 0 radical (unpaired) electrons. The van der Waals surface area contributed by atoms with Crippen LogP contribution in [0.3, 0.4) is 0 Å². The lowest BCUT2D eigenvalue weighted by atomic mass is 10.2. The molecule has 3 rings (SSSR count). The first-order chi connectivity index (χ1) is 24.2. The molecular weight excluding hydrogens is 654 g/mol. The molecule has 12 heteroatoms. The molecule has 0 saturated carbocycles. The van der Waals surface area contributed by atoms with Gasteiger partial charge in [0.1, 0.15) is 34.6 Å². The number of rotatable bonds is 22. The third-order valence-corrected chi connectivity index (χ3v) is 7.00. The Morgan fingerprint density at radius 1 is 0.500 bits per heavy atom. The molecule has 0 N–H and O–H groups in total. The number of hydrogen-bond donors (Lipinski definition) is 0. The van der Waals surface area contributed by atoms with Crippen molar-refractivity contribution in [3.8, 4) is 23.0 Å². The molecule has 266 valence electrons. The topological polar surface area (TPSA) is 124 Å². The van der Waals surface area contributed by atoms with E-state index < -0.39 is 35.5 Å². The number of carbonyl (C=O) groups is 4. The van der Waals surface area contributed by atoms with Crippen LogP contribution in [0.1, 0.15) is 72.1 Å². The maximum Gasteiger partial charge on any atom is 0.346 e. The smallest absolute Gasteiger partial charge is 0.346 e. The lowest BCUT2D eigenvalue weighted by Gasteiger charge is -2.10. The van der Waals surface area contributed by atoms with E-state index in [4.69, 9.17) is 28.4 Å². The monoisotopic (exact) mass is 694 g/mol. The largest absolute Gasteiger partial charge is 0.493 e. The molecule has 0 fully saturated rings. The third kappa shape index (κ3) is 13.9. The highest BCUT2D eigenvalue weighted by atomic mass is 19.1. The van der Waals surface area contributed by atoms with Gasteiger partial charge in [0.25, 0.3) is 0 Å². The molecule has 0 saturated heterocycles. The minimum absolute atomic E-state index is 0.0672. The van der Waals surface area contributed by atoms with Crippen LogP contribution in [0, 0.1) is 11.6 Å². The third-order valence-electron chi connectivity index (χ3n) is 7.00. The Bertz CT molecular complexity index is 1490. The Balaban J connectivity index is 1.38. The maximum absolute atomic E-state index is 14.7. The Hall–Kier alpha value is -5.52. The summed E-state index contributed by atoms with van der Waals surface area (Å²) in [5, 5.41) is 0. The number of ether oxygens (including phenoxy) is 6. The summed E-state index contributed by atoms with van der Waals surface area (Å²) in [4.78, 5) is 47.1. The Labute approximate surface area is 289 Å². The van der Waals surface area contributed by atoms with Gasteiger partial charge in [-0.2, -0.15) is 0 Å². The van der Waals surface area contributed by atoms with Crippen LogP contribution in [0.5, 0.6) is 23.0 Å². The van der Waals surface area contributed by atoms with Crippen LogP contribution in [-0.4, -0.2) is 50.3 Å². The Kier molecular flexibility index (Phi) is 16.7. The second-order valence-corrected chi connectivity index (χ2v) is 10.8. The van der Waals surface area contributed by atoms with E-state index >= 15 is 0 Å². The van der Waals surface area contributed by atoms with E-state index in [0.717, 1.165) is 50.0 Å². The van der Waals surface area contributed by atoms with E-state index in [1.165, 1.54) is 48.5 Å². The number of halogens is 2. The fraction of sp³-hybridized carbons (Fsp3) is 0.316. The first-order valence-corrected chi connectivity index (χ1v) is 16.2. The molecule has 0 amide bonds. The van der Waals surface area contributed by atoms with Crippen molar-refractivity contribution < 1.29 is 56.4 Å². The van der Waals surface area contributed by atoms with Gasteiger partial charge >= 0.3 is 23.9 Å². The lowest BCUT2D eigenvalue weighted by Crippen LogP contribution is -2.12. The van der Waals surface area contributed by atoms with Crippen LogP contribution in [0.25, 0.3) is 0 Å². The summed E-state index contributed by atoms with van der Waals surface area (Å²) in [5.41, 5.74) is -0.595. The van der Waals surface area contributed by atoms with Crippen molar-refractivity contribution in [2.45, 2.75) is 51.4 Å². The van der Waals surface area contributed by atoms with Crippen LogP contribution < -0.4 is 18.9 Å². The van der Waals surface area contributed by atoms with Crippen molar-refractivity contribution in [3.05, 3.63) is 109 Å². The first kappa shape index (κ1) is 38.9. The summed E-state index contributed by atoms with van der Waals surface area (Å²) in [7, 11) is 0. The lowest BCUT2D eigenvalue weighted by molar-refractivity contribution is -0.138. The van der Waals surface area contributed by atoms with Gasteiger partial charge in [-0.25, -0.2) is 28.0 Å². The summed E-state index contributed by atoms with van der Waals surface area (Å²) in [6, 6.07) is 13.0. The predicted octanol–water partition coefficient (Wildman–Crippen LogP) is 7.74. The van der Waals surface area contributed by atoms with Gasteiger partial charge in [-0.05, 0) is 99.9 Å². The number of hydrogen-bond acceptors (Lipinski definition) is 10. The first-order valence-electron chi connectivity index (χ1n) is 16.2. The fourth-order valence-corrected chi connectivity index (χ4v) is 4.36. The molecule has 0 bridgehead atoms. The van der Waals surface area contributed by atoms with Crippen LogP contribution in [0.4, 0.5) is 8.78 Å². The summed E-state index contributed by atoms with van der Waals surface area (Å²) in [5.74, 6) is -3.76. The SMILES string of the molecule is C=CC(=O)OCCCCCCOc1ccc(C(=O)Oc2ccc(OC(=O)c3ccc(OCCCCCCOC(=O)C=C)cc3F)cc2)c(F)c1. The molecule has 0 atom stereocenters. The van der Waals surface area contributed by atoms with Gasteiger partial charge in [0.2, 0.25) is 0 Å². The van der Waals surface area contributed by atoms with E-state index in [1.807, 2.05) is 0 Å². The second-order valence-electron chi connectivity index (χ2n) is 10.8. The summed E-state index contributed by atoms with van der Waals surface area (Å²) in [6.45, 7) is 8.00. The molecule has 10 nitrogen and oxygen atoms in total. The number of benzene rings is 3.